The van der Waals surface area contributed by atoms with E-state index in [2.05, 4.69) is 4.98 Å². The summed E-state index contributed by atoms with van der Waals surface area (Å²) in [5.41, 5.74) is 0.531. The van der Waals surface area contributed by atoms with E-state index in [1.807, 2.05) is 13.8 Å². The zero-order valence-electron chi connectivity index (χ0n) is 7.24. The molecule has 12 heavy (non-hydrogen) atoms. The maximum Gasteiger partial charge on any atom is 0.304 e. The fraction of sp³-hybridized carbons (Fsp3) is 0.500. The van der Waals surface area contributed by atoms with Crippen molar-refractivity contribution in [1.82, 2.24) is 9.71 Å². The van der Waals surface area contributed by atoms with Crippen molar-refractivity contribution in [3.05, 3.63) is 27.9 Å². The molecule has 0 fully saturated rings. The molecule has 1 heterocycles. The van der Waals surface area contributed by atoms with E-state index in [4.69, 9.17) is 0 Å². The normalized spacial score (nSPS) is 10.2. The Hall–Kier alpha value is -1.32. The molecule has 0 saturated heterocycles. The predicted octanol–water partition coefficient (Wildman–Crippen LogP) is 0.605. The summed E-state index contributed by atoms with van der Waals surface area (Å²) in [6, 6.07) is 0. The number of hydrogen-bond donors (Lipinski definition) is 1. The van der Waals surface area contributed by atoms with Crippen LogP contribution in [0.15, 0.2) is 11.0 Å². The maximum absolute atomic E-state index is 11.2. The molecule has 0 spiro atoms. The SMILES string of the molecule is CCc1ncc(CC)n(O)c1=O. The minimum Gasteiger partial charge on any atom is -0.425 e. The quantitative estimate of drug-likeness (QED) is 0.658. The molecule has 0 saturated carbocycles. The molecule has 0 aliphatic heterocycles. The van der Waals surface area contributed by atoms with Crippen LogP contribution in [0.4, 0.5) is 0 Å². The summed E-state index contributed by atoms with van der Waals surface area (Å²) in [5, 5.41) is 9.27. The maximum atomic E-state index is 11.2. The van der Waals surface area contributed by atoms with Crippen LogP contribution in [0.1, 0.15) is 25.2 Å². The summed E-state index contributed by atoms with van der Waals surface area (Å²) in [6.07, 6.45) is 2.67. The van der Waals surface area contributed by atoms with Crippen molar-refractivity contribution in [1.29, 1.82) is 0 Å². The molecule has 1 aromatic rings. The topological polar surface area (TPSA) is 55.1 Å². The molecule has 66 valence electrons. The Balaban J connectivity index is 3.30. The zero-order chi connectivity index (χ0) is 9.14. The van der Waals surface area contributed by atoms with Crippen molar-refractivity contribution in [2.45, 2.75) is 26.7 Å². The second-order valence-corrected chi connectivity index (χ2v) is 2.52. The second kappa shape index (κ2) is 3.38. The third kappa shape index (κ3) is 1.32. The first kappa shape index (κ1) is 8.77. The second-order valence-electron chi connectivity index (χ2n) is 2.52. The van der Waals surface area contributed by atoms with E-state index >= 15 is 0 Å². The molecule has 1 N–H and O–H groups in total. The molecule has 0 atom stereocenters. The lowest BCUT2D eigenvalue weighted by Gasteiger charge is -2.03. The Morgan fingerprint density at radius 3 is 2.67 bits per heavy atom. The van der Waals surface area contributed by atoms with Crippen molar-refractivity contribution in [3.63, 3.8) is 0 Å². The van der Waals surface area contributed by atoms with Crippen LogP contribution in [0.5, 0.6) is 0 Å². The van der Waals surface area contributed by atoms with E-state index in [0.29, 0.717) is 29.0 Å². The first-order chi connectivity index (χ1) is 5.70. The number of nitrogens with zero attached hydrogens (tertiary/aromatic N) is 2. The highest BCUT2D eigenvalue weighted by molar-refractivity contribution is 5.03. The van der Waals surface area contributed by atoms with Gasteiger partial charge in [-0.05, 0) is 12.8 Å². The standard InChI is InChI=1S/C8H12N2O2/c1-3-6-5-9-7(4-2)8(11)10(6)12/h5,12H,3-4H2,1-2H3. The van der Waals surface area contributed by atoms with E-state index in [0.717, 1.165) is 0 Å². The Labute approximate surface area is 70.5 Å². The molecular formula is C8H12N2O2. The molecule has 1 rings (SSSR count). The summed E-state index contributed by atoms with van der Waals surface area (Å²) in [7, 11) is 0. The average molecular weight is 168 g/mol. The highest BCUT2D eigenvalue weighted by atomic mass is 16.5. The first-order valence-electron chi connectivity index (χ1n) is 3.99. The van der Waals surface area contributed by atoms with Crippen LogP contribution in [-0.4, -0.2) is 14.9 Å². The Morgan fingerprint density at radius 2 is 2.17 bits per heavy atom. The minimum absolute atomic E-state index is 0.398. The lowest BCUT2D eigenvalue weighted by atomic mass is 10.3. The Kier molecular flexibility index (Phi) is 2.47. The van der Waals surface area contributed by atoms with Gasteiger partial charge in [0, 0.05) is 0 Å². The van der Waals surface area contributed by atoms with E-state index in [-0.39, 0.29) is 0 Å². The number of hydrogen-bond acceptors (Lipinski definition) is 3. The van der Waals surface area contributed by atoms with Crippen LogP contribution in [0.2, 0.25) is 0 Å². The van der Waals surface area contributed by atoms with Gasteiger partial charge in [0.05, 0.1) is 11.9 Å². The van der Waals surface area contributed by atoms with Crippen LogP contribution >= 0.6 is 0 Å². The molecule has 0 aromatic carbocycles. The third-order valence-corrected chi connectivity index (χ3v) is 1.78. The van der Waals surface area contributed by atoms with Crippen LogP contribution < -0.4 is 5.56 Å². The van der Waals surface area contributed by atoms with Gasteiger partial charge in [0.1, 0.15) is 5.69 Å². The van der Waals surface area contributed by atoms with Crippen molar-refractivity contribution < 1.29 is 5.21 Å². The van der Waals surface area contributed by atoms with Gasteiger partial charge in [0.2, 0.25) is 0 Å². The summed E-state index contributed by atoms with van der Waals surface area (Å²) in [5.74, 6) is 0. The van der Waals surface area contributed by atoms with Gasteiger partial charge in [-0.25, -0.2) is 0 Å². The molecule has 0 bridgehead atoms. The minimum atomic E-state index is -0.406. The van der Waals surface area contributed by atoms with Crippen molar-refractivity contribution in [2.75, 3.05) is 0 Å². The molecule has 0 aliphatic carbocycles. The van der Waals surface area contributed by atoms with Gasteiger partial charge >= 0.3 is 5.56 Å². The van der Waals surface area contributed by atoms with Crippen LogP contribution in [0, 0.1) is 0 Å². The molecule has 0 radical (unpaired) electrons. The molecular weight excluding hydrogens is 156 g/mol. The number of aryl methyl sites for hydroxylation is 2. The van der Waals surface area contributed by atoms with Crippen LogP contribution in [0.25, 0.3) is 0 Å². The fourth-order valence-electron chi connectivity index (χ4n) is 0.999. The predicted molar refractivity (Wildman–Crippen MR) is 44.4 cm³/mol. The van der Waals surface area contributed by atoms with Gasteiger partial charge < -0.3 is 5.21 Å². The molecule has 4 heteroatoms. The van der Waals surface area contributed by atoms with Gasteiger partial charge in [0.15, 0.2) is 0 Å². The van der Waals surface area contributed by atoms with E-state index < -0.39 is 5.56 Å². The highest BCUT2D eigenvalue weighted by Gasteiger charge is 2.05. The summed E-state index contributed by atoms with van der Waals surface area (Å²) in [6.45, 7) is 3.68. The molecule has 1 aromatic heterocycles. The monoisotopic (exact) mass is 168 g/mol. The van der Waals surface area contributed by atoms with Crippen molar-refractivity contribution in [2.24, 2.45) is 0 Å². The Bertz CT molecular complexity index is 330. The van der Waals surface area contributed by atoms with Gasteiger partial charge in [-0.2, -0.15) is 0 Å². The van der Waals surface area contributed by atoms with E-state index in [1.165, 1.54) is 6.20 Å². The lowest BCUT2D eigenvalue weighted by molar-refractivity contribution is 0.163. The number of rotatable bonds is 2. The average Bonchev–Trinajstić information content (AvgIpc) is 2.10. The van der Waals surface area contributed by atoms with Crippen molar-refractivity contribution >= 4 is 0 Å². The first-order valence-corrected chi connectivity index (χ1v) is 3.99. The third-order valence-electron chi connectivity index (χ3n) is 1.78. The van der Waals surface area contributed by atoms with E-state index in [9.17, 15) is 10.0 Å². The highest BCUT2D eigenvalue weighted by Crippen LogP contribution is 1.94. The largest absolute Gasteiger partial charge is 0.425 e. The van der Waals surface area contributed by atoms with Crippen molar-refractivity contribution in [3.8, 4) is 0 Å². The van der Waals surface area contributed by atoms with Gasteiger partial charge in [0.25, 0.3) is 0 Å². The zero-order valence-corrected chi connectivity index (χ0v) is 7.24. The molecule has 0 aliphatic rings. The van der Waals surface area contributed by atoms with Crippen LogP contribution in [0.3, 0.4) is 0 Å². The summed E-state index contributed by atoms with van der Waals surface area (Å²) < 4.78 is 0.672. The Morgan fingerprint density at radius 1 is 1.50 bits per heavy atom. The van der Waals surface area contributed by atoms with Gasteiger partial charge in [-0.1, -0.05) is 13.8 Å². The molecule has 0 amide bonds. The molecule has 0 unspecified atom stereocenters. The lowest BCUT2D eigenvalue weighted by Crippen LogP contribution is -2.25. The van der Waals surface area contributed by atoms with Crippen LogP contribution in [-0.2, 0) is 12.8 Å². The fourth-order valence-corrected chi connectivity index (χ4v) is 0.999. The smallest absolute Gasteiger partial charge is 0.304 e. The van der Waals surface area contributed by atoms with Gasteiger partial charge in [-0.3, -0.25) is 9.78 Å². The number of aromatic nitrogens is 2. The molecule has 4 nitrogen and oxygen atoms in total. The van der Waals surface area contributed by atoms with E-state index in [1.54, 1.807) is 0 Å². The summed E-state index contributed by atoms with van der Waals surface area (Å²) in [4.78, 5) is 15.2. The summed E-state index contributed by atoms with van der Waals surface area (Å²) >= 11 is 0. The van der Waals surface area contributed by atoms with Gasteiger partial charge in [-0.15, -0.1) is 4.73 Å².